The Morgan fingerprint density at radius 1 is 1.00 bits per heavy atom. The van der Waals surface area contributed by atoms with Crippen molar-refractivity contribution >= 4 is 5.69 Å². The van der Waals surface area contributed by atoms with Gasteiger partial charge in [-0.3, -0.25) is 0 Å². The van der Waals surface area contributed by atoms with Crippen LogP contribution in [0, 0.1) is 0 Å². The van der Waals surface area contributed by atoms with Gasteiger partial charge < -0.3 is 5.32 Å². The molecule has 1 N–H and O–H groups in total. The second-order valence-corrected chi connectivity index (χ2v) is 3.96. The van der Waals surface area contributed by atoms with Gasteiger partial charge in [0.1, 0.15) is 6.33 Å². The predicted molar refractivity (Wildman–Crippen MR) is 57.1 cm³/mol. The van der Waals surface area contributed by atoms with Crippen LogP contribution in [0.15, 0.2) is 18.7 Å². The van der Waals surface area contributed by atoms with Crippen LogP contribution < -0.4 is 5.32 Å². The maximum Gasteiger partial charge on any atom is 0.115 e. The lowest BCUT2D eigenvalue weighted by Gasteiger charge is -2.16. The van der Waals surface area contributed by atoms with Crippen LogP contribution in [0.4, 0.5) is 5.69 Å². The normalized spacial score (nSPS) is 18.9. The second-order valence-electron chi connectivity index (χ2n) is 3.96. The van der Waals surface area contributed by atoms with E-state index in [1.54, 1.807) is 6.33 Å². The van der Waals surface area contributed by atoms with Crippen LogP contribution in [0.2, 0.25) is 0 Å². The van der Waals surface area contributed by atoms with E-state index >= 15 is 0 Å². The van der Waals surface area contributed by atoms with Gasteiger partial charge in [0.15, 0.2) is 0 Å². The van der Waals surface area contributed by atoms with Crippen molar-refractivity contribution < 1.29 is 0 Å². The molecule has 0 radical (unpaired) electrons. The van der Waals surface area contributed by atoms with Crippen LogP contribution in [-0.2, 0) is 0 Å². The zero-order valence-electron chi connectivity index (χ0n) is 8.45. The van der Waals surface area contributed by atoms with Gasteiger partial charge in [-0.15, -0.1) is 0 Å². The van der Waals surface area contributed by atoms with E-state index in [2.05, 4.69) is 15.3 Å². The van der Waals surface area contributed by atoms with Crippen LogP contribution in [0.3, 0.4) is 0 Å². The maximum absolute atomic E-state index is 4.00. The Kier molecular flexibility index (Phi) is 3.33. The number of anilines is 1. The molecular formula is C11H17N3. The molecule has 76 valence electrons. The molecule has 1 aliphatic rings. The average molecular weight is 191 g/mol. The van der Waals surface area contributed by atoms with Crippen molar-refractivity contribution in [2.75, 3.05) is 5.32 Å². The highest BCUT2D eigenvalue weighted by Crippen LogP contribution is 2.20. The molecule has 0 amide bonds. The zero-order valence-corrected chi connectivity index (χ0v) is 8.45. The first kappa shape index (κ1) is 9.44. The molecule has 0 bridgehead atoms. The molecule has 1 saturated carbocycles. The van der Waals surface area contributed by atoms with E-state index in [-0.39, 0.29) is 0 Å². The SMILES string of the molecule is c1ncc(NC2CCCCCC2)cn1. The Labute approximate surface area is 85.0 Å². The highest BCUT2D eigenvalue weighted by Gasteiger charge is 2.11. The lowest BCUT2D eigenvalue weighted by atomic mass is 10.1. The van der Waals surface area contributed by atoms with Crippen molar-refractivity contribution in [3.8, 4) is 0 Å². The summed E-state index contributed by atoms with van der Waals surface area (Å²) in [6.07, 6.45) is 13.3. The summed E-state index contributed by atoms with van der Waals surface area (Å²) in [5, 5.41) is 3.50. The number of hydrogen-bond acceptors (Lipinski definition) is 3. The number of hydrogen-bond donors (Lipinski definition) is 1. The minimum Gasteiger partial charge on any atom is -0.380 e. The van der Waals surface area contributed by atoms with Crippen LogP contribution in [-0.4, -0.2) is 16.0 Å². The summed E-state index contributed by atoms with van der Waals surface area (Å²) in [4.78, 5) is 8.00. The minimum atomic E-state index is 0.628. The molecule has 0 saturated heterocycles. The molecule has 0 unspecified atom stereocenters. The standard InChI is InChI=1S/C11H17N3/c1-2-4-6-10(5-3-1)14-11-7-12-9-13-8-11/h7-10,14H,1-6H2. The molecule has 0 atom stereocenters. The molecule has 2 rings (SSSR count). The topological polar surface area (TPSA) is 37.8 Å². The first-order valence-corrected chi connectivity index (χ1v) is 5.47. The highest BCUT2D eigenvalue weighted by molar-refractivity contribution is 5.38. The smallest absolute Gasteiger partial charge is 0.115 e. The van der Waals surface area contributed by atoms with Gasteiger partial charge in [0.2, 0.25) is 0 Å². The fraction of sp³-hybridized carbons (Fsp3) is 0.636. The molecule has 3 nitrogen and oxygen atoms in total. The largest absolute Gasteiger partial charge is 0.380 e. The summed E-state index contributed by atoms with van der Waals surface area (Å²) in [7, 11) is 0. The van der Waals surface area contributed by atoms with Gasteiger partial charge in [0.05, 0.1) is 18.1 Å². The molecule has 1 heterocycles. The summed E-state index contributed by atoms with van der Waals surface area (Å²) in [5.41, 5.74) is 1.06. The Balaban J connectivity index is 1.90. The summed E-state index contributed by atoms with van der Waals surface area (Å²) in [5.74, 6) is 0. The molecule has 0 aromatic carbocycles. The molecule has 1 aliphatic carbocycles. The van der Waals surface area contributed by atoms with Crippen molar-refractivity contribution in [2.45, 2.75) is 44.6 Å². The van der Waals surface area contributed by atoms with Crippen LogP contribution in [0.1, 0.15) is 38.5 Å². The molecule has 3 heteroatoms. The molecule has 14 heavy (non-hydrogen) atoms. The molecule has 1 aromatic heterocycles. The van der Waals surface area contributed by atoms with Gasteiger partial charge in [-0.05, 0) is 12.8 Å². The lowest BCUT2D eigenvalue weighted by molar-refractivity contribution is 0.619. The quantitative estimate of drug-likeness (QED) is 0.730. The van der Waals surface area contributed by atoms with Crippen LogP contribution in [0.25, 0.3) is 0 Å². The number of rotatable bonds is 2. The van der Waals surface area contributed by atoms with E-state index in [4.69, 9.17) is 0 Å². The van der Waals surface area contributed by atoms with Crippen molar-refractivity contribution in [3.63, 3.8) is 0 Å². The van der Waals surface area contributed by atoms with Gasteiger partial charge in [0, 0.05) is 6.04 Å². The number of nitrogens with one attached hydrogen (secondary N) is 1. The fourth-order valence-corrected chi connectivity index (χ4v) is 2.03. The predicted octanol–water partition coefficient (Wildman–Crippen LogP) is 2.61. The van der Waals surface area contributed by atoms with Crippen LogP contribution >= 0.6 is 0 Å². The Morgan fingerprint density at radius 2 is 1.64 bits per heavy atom. The lowest BCUT2D eigenvalue weighted by Crippen LogP contribution is -2.18. The van der Waals surface area contributed by atoms with Gasteiger partial charge in [-0.2, -0.15) is 0 Å². The van der Waals surface area contributed by atoms with Crippen molar-refractivity contribution in [1.29, 1.82) is 0 Å². The maximum atomic E-state index is 4.00. The first-order chi connectivity index (χ1) is 6.95. The minimum absolute atomic E-state index is 0.628. The summed E-state index contributed by atoms with van der Waals surface area (Å²) >= 11 is 0. The van der Waals surface area contributed by atoms with Crippen molar-refractivity contribution in [3.05, 3.63) is 18.7 Å². The average Bonchev–Trinajstić information content (AvgIpc) is 2.48. The molecule has 0 spiro atoms. The Bertz CT molecular complexity index is 252. The summed E-state index contributed by atoms with van der Waals surface area (Å²) < 4.78 is 0. The third-order valence-corrected chi connectivity index (χ3v) is 2.79. The fourth-order valence-electron chi connectivity index (χ4n) is 2.03. The van der Waals surface area contributed by atoms with E-state index < -0.39 is 0 Å². The van der Waals surface area contributed by atoms with E-state index in [9.17, 15) is 0 Å². The zero-order chi connectivity index (χ0) is 9.64. The van der Waals surface area contributed by atoms with Gasteiger partial charge in [-0.25, -0.2) is 9.97 Å². The Hall–Kier alpha value is -1.12. The van der Waals surface area contributed by atoms with Gasteiger partial charge in [0.25, 0.3) is 0 Å². The number of nitrogens with zero attached hydrogens (tertiary/aromatic N) is 2. The van der Waals surface area contributed by atoms with Gasteiger partial charge in [-0.1, -0.05) is 25.7 Å². The van der Waals surface area contributed by atoms with E-state index in [1.165, 1.54) is 38.5 Å². The molecule has 1 aromatic rings. The molecule has 1 fully saturated rings. The first-order valence-electron chi connectivity index (χ1n) is 5.47. The van der Waals surface area contributed by atoms with Crippen molar-refractivity contribution in [1.82, 2.24) is 9.97 Å². The van der Waals surface area contributed by atoms with Gasteiger partial charge >= 0.3 is 0 Å². The summed E-state index contributed by atoms with van der Waals surface area (Å²) in [6, 6.07) is 0.628. The number of aromatic nitrogens is 2. The highest BCUT2D eigenvalue weighted by atomic mass is 15.0. The Morgan fingerprint density at radius 3 is 2.29 bits per heavy atom. The third-order valence-electron chi connectivity index (χ3n) is 2.79. The molecule has 0 aliphatic heterocycles. The molecular weight excluding hydrogens is 174 g/mol. The van der Waals surface area contributed by atoms with E-state index in [0.717, 1.165) is 5.69 Å². The van der Waals surface area contributed by atoms with Crippen LogP contribution in [0.5, 0.6) is 0 Å². The van der Waals surface area contributed by atoms with E-state index in [1.807, 2.05) is 12.4 Å². The third kappa shape index (κ3) is 2.69. The van der Waals surface area contributed by atoms with Crippen molar-refractivity contribution in [2.24, 2.45) is 0 Å². The second kappa shape index (κ2) is 4.94. The van der Waals surface area contributed by atoms with E-state index in [0.29, 0.717) is 6.04 Å². The monoisotopic (exact) mass is 191 g/mol. The summed E-state index contributed by atoms with van der Waals surface area (Å²) in [6.45, 7) is 0.